The number of esters is 1. The van der Waals surface area contributed by atoms with Crippen molar-refractivity contribution in [2.75, 3.05) is 6.54 Å². The van der Waals surface area contributed by atoms with E-state index >= 15 is 0 Å². The number of nitrogens with one attached hydrogen (secondary N) is 1. The second-order valence-corrected chi connectivity index (χ2v) is 9.32. The van der Waals surface area contributed by atoms with E-state index in [1.165, 1.54) is 11.3 Å². The molecular weight excluding hydrogens is 358 g/mol. The standard InChI is InChI=1S/C26H35NO2/c1-9-15-27-22-18(4)25(7)17(3)21(26(22,8)24(25,5)6)23(28)29-16-20-13-11-19(10-2)12-14-20/h10-14,27H,2,9,15-16H2,1,3-8H3/t25-,26+/m0/s1. The van der Waals surface area contributed by atoms with Crippen molar-refractivity contribution in [1.82, 2.24) is 5.32 Å². The Morgan fingerprint density at radius 2 is 1.69 bits per heavy atom. The summed E-state index contributed by atoms with van der Waals surface area (Å²) in [6.07, 6.45) is 2.86. The van der Waals surface area contributed by atoms with Crippen LogP contribution in [0.3, 0.4) is 0 Å². The van der Waals surface area contributed by atoms with Crippen LogP contribution in [-0.2, 0) is 16.1 Å². The number of carbonyl (C=O) groups excluding carboxylic acids is 1. The van der Waals surface area contributed by atoms with E-state index in [4.69, 9.17) is 4.74 Å². The summed E-state index contributed by atoms with van der Waals surface area (Å²) < 4.78 is 5.83. The van der Waals surface area contributed by atoms with Gasteiger partial charge < -0.3 is 10.1 Å². The summed E-state index contributed by atoms with van der Waals surface area (Å²) in [7, 11) is 0. The highest BCUT2D eigenvalue weighted by atomic mass is 16.5. The van der Waals surface area contributed by atoms with E-state index in [1.807, 2.05) is 30.3 Å². The maximum atomic E-state index is 13.4. The number of hydrogen-bond acceptors (Lipinski definition) is 3. The van der Waals surface area contributed by atoms with Crippen LogP contribution in [-0.4, -0.2) is 12.5 Å². The van der Waals surface area contributed by atoms with Crippen LogP contribution in [0.25, 0.3) is 6.08 Å². The molecule has 1 aromatic carbocycles. The lowest BCUT2D eigenvalue weighted by Crippen LogP contribution is -2.41. The van der Waals surface area contributed by atoms with Gasteiger partial charge in [-0.15, -0.1) is 0 Å². The number of allylic oxidation sites excluding steroid dienone is 3. The van der Waals surface area contributed by atoms with Gasteiger partial charge in [-0.1, -0.05) is 70.2 Å². The molecule has 3 rings (SSSR count). The van der Waals surface area contributed by atoms with Crippen LogP contribution in [0.1, 0.15) is 66.0 Å². The second-order valence-electron chi connectivity index (χ2n) is 9.32. The van der Waals surface area contributed by atoms with Gasteiger partial charge >= 0.3 is 5.97 Å². The van der Waals surface area contributed by atoms with E-state index in [2.05, 4.69) is 60.4 Å². The number of carbonyl (C=O) groups is 1. The van der Waals surface area contributed by atoms with E-state index < -0.39 is 0 Å². The number of rotatable bonds is 7. The van der Waals surface area contributed by atoms with Crippen molar-refractivity contribution in [2.24, 2.45) is 16.2 Å². The third kappa shape index (κ3) is 2.73. The summed E-state index contributed by atoms with van der Waals surface area (Å²) in [6.45, 7) is 20.5. The van der Waals surface area contributed by atoms with E-state index in [-0.39, 0.29) is 28.8 Å². The van der Waals surface area contributed by atoms with Crippen molar-refractivity contribution >= 4 is 12.0 Å². The van der Waals surface area contributed by atoms with Gasteiger partial charge in [-0.3, -0.25) is 0 Å². The molecule has 1 N–H and O–H groups in total. The van der Waals surface area contributed by atoms with Gasteiger partial charge in [0.2, 0.25) is 0 Å². The van der Waals surface area contributed by atoms with Crippen molar-refractivity contribution < 1.29 is 9.53 Å². The highest BCUT2D eigenvalue weighted by Crippen LogP contribution is 2.75. The molecule has 0 amide bonds. The molecule has 0 aromatic heterocycles. The molecule has 0 aliphatic heterocycles. The number of ether oxygens (including phenoxy) is 1. The highest BCUT2D eigenvalue weighted by molar-refractivity contribution is 5.95. The molecule has 2 atom stereocenters. The topological polar surface area (TPSA) is 38.3 Å². The number of benzene rings is 1. The lowest BCUT2D eigenvalue weighted by molar-refractivity contribution is -0.141. The molecule has 0 saturated heterocycles. The fraction of sp³-hybridized carbons (Fsp3) is 0.500. The number of fused-ring (bicyclic) bond motifs is 2. The van der Waals surface area contributed by atoms with Gasteiger partial charge in [0, 0.05) is 28.6 Å². The Morgan fingerprint density at radius 3 is 2.21 bits per heavy atom. The van der Waals surface area contributed by atoms with E-state index in [9.17, 15) is 4.79 Å². The molecule has 0 heterocycles. The first kappa shape index (κ1) is 21.4. The summed E-state index contributed by atoms with van der Waals surface area (Å²) in [4.78, 5) is 13.4. The third-order valence-corrected chi connectivity index (χ3v) is 8.09. The minimum atomic E-state index is -0.380. The lowest BCUT2D eigenvalue weighted by atomic mass is 9.60. The second kappa shape index (κ2) is 7.19. The van der Waals surface area contributed by atoms with Crippen molar-refractivity contribution in [3.05, 3.63) is 64.4 Å². The van der Waals surface area contributed by atoms with E-state index in [0.717, 1.165) is 35.2 Å². The molecule has 2 aliphatic carbocycles. The summed E-state index contributed by atoms with van der Waals surface area (Å²) in [5, 5.41) is 3.65. The maximum Gasteiger partial charge on any atom is 0.335 e. The largest absolute Gasteiger partial charge is 0.457 e. The van der Waals surface area contributed by atoms with Gasteiger partial charge in [-0.05, 0) is 49.3 Å². The SMILES string of the molecule is C=Cc1ccc(COC(=O)C2=C(C)[C@@]3(C)C(C)=C(NCCC)[C@]2(C)C3(C)C)cc1. The maximum absolute atomic E-state index is 13.4. The van der Waals surface area contributed by atoms with Gasteiger partial charge in [-0.2, -0.15) is 0 Å². The number of hydrogen-bond donors (Lipinski definition) is 1. The van der Waals surface area contributed by atoms with E-state index in [1.54, 1.807) is 0 Å². The average Bonchev–Trinajstić information content (AvgIpc) is 2.89. The van der Waals surface area contributed by atoms with Crippen molar-refractivity contribution in [2.45, 2.75) is 61.5 Å². The Bertz CT molecular complexity index is 903. The first-order valence-corrected chi connectivity index (χ1v) is 10.6. The van der Waals surface area contributed by atoms with Crippen LogP contribution in [0.2, 0.25) is 0 Å². The van der Waals surface area contributed by atoms with E-state index in [0.29, 0.717) is 0 Å². The van der Waals surface area contributed by atoms with Crippen LogP contribution in [0.5, 0.6) is 0 Å². The Balaban J connectivity index is 1.92. The van der Waals surface area contributed by atoms with Crippen molar-refractivity contribution in [1.29, 1.82) is 0 Å². The van der Waals surface area contributed by atoms with Gasteiger partial charge in [0.15, 0.2) is 0 Å². The molecule has 0 radical (unpaired) electrons. The fourth-order valence-corrected chi connectivity index (χ4v) is 5.61. The zero-order valence-corrected chi connectivity index (χ0v) is 19.0. The Labute approximate surface area is 175 Å². The fourth-order valence-electron chi connectivity index (χ4n) is 5.61. The minimum Gasteiger partial charge on any atom is -0.457 e. The van der Waals surface area contributed by atoms with Crippen LogP contribution < -0.4 is 5.32 Å². The zero-order chi connectivity index (χ0) is 21.6. The first-order valence-electron chi connectivity index (χ1n) is 10.6. The monoisotopic (exact) mass is 393 g/mol. The van der Waals surface area contributed by atoms with Crippen molar-refractivity contribution in [3.63, 3.8) is 0 Å². The average molecular weight is 394 g/mol. The summed E-state index contributed by atoms with van der Waals surface area (Å²) >= 11 is 0. The third-order valence-electron chi connectivity index (χ3n) is 8.09. The predicted octanol–water partition coefficient (Wildman–Crippen LogP) is 6.03. The molecule has 0 unspecified atom stereocenters. The highest BCUT2D eigenvalue weighted by Gasteiger charge is 2.70. The van der Waals surface area contributed by atoms with Gasteiger partial charge in [0.05, 0.1) is 0 Å². The molecule has 156 valence electrons. The van der Waals surface area contributed by atoms with Gasteiger partial charge in [-0.25, -0.2) is 4.79 Å². The molecule has 0 spiro atoms. The molecule has 1 aromatic rings. The molecule has 2 bridgehead atoms. The quantitative estimate of drug-likeness (QED) is 0.575. The smallest absolute Gasteiger partial charge is 0.335 e. The Kier molecular flexibility index (Phi) is 5.31. The summed E-state index contributed by atoms with van der Waals surface area (Å²) in [5.41, 5.74) is 5.94. The molecule has 3 nitrogen and oxygen atoms in total. The minimum absolute atomic E-state index is 0.107. The molecule has 3 heteroatoms. The normalized spacial score (nSPS) is 27.4. The van der Waals surface area contributed by atoms with Crippen LogP contribution in [0.4, 0.5) is 0 Å². The van der Waals surface area contributed by atoms with Crippen molar-refractivity contribution in [3.8, 4) is 0 Å². The molecular formula is C26H35NO2. The first-order chi connectivity index (χ1) is 13.6. The molecule has 0 fully saturated rings. The molecule has 0 saturated carbocycles. The summed E-state index contributed by atoms with van der Waals surface area (Å²) in [6, 6.07) is 7.94. The Morgan fingerprint density at radius 1 is 1.07 bits per heavy atom. The lowest BCUT2D eigenvalue weighted by Gasteiger charge is -2.42. The predicted molar refractivity (Wildman–Crippen MR) is 120 cm³/mol. The molecule has 2 aliphatic rings. The zero-order valence-electron chi connectivity index (χ0n) is 19.0. The van der Waals surface area contributed by atoms with Gasteiger partial charge in [0.1, 0.15) is 6.61 Å². The summed E-state index contributed by atoms with van der Waals surface area (Å²) in [5.74, 6) is -0.196. The van der Waals surface area contributed by atoms with Crippen LogP contribution in [0, 0.1) is 16.2 Å². The Hall–Kier alpha value is -2.29. The van der Waals surface area contributed by atoms with Gasteiger partial charge in [0.25, 0.3) is 0 Å². The molecule has 29 heavy (non-hydrogen) atoms. The van der Waals surface area contributed by atoms with Crippen LogP contribution >= 0.6 is 0 Å². The van der Waals surface area contributed by atoms with Crippen LogP contribution in [0.15, 0.2) is 53.3 Å².